The SMILES string of the molecule is C=Cc1cn(S(=O)(=O)c2ccc(C)cc2)cc1CC. The Labute approximate surface area is 114 Å². The Hall–Kier alpha value is -1.81. The minimum atomic E-state index is -3.51. The predicted molar refractivity (Wildman–Crippen MR) is 77.7 cm³/mol. The quantitative estimate of drug-likeness (QED) is 0.859. The Morgan fingerprint density at radius 1 is 1.21 bits per heavy atom. The van der Waals surface area contributed by atoms with Gasteiger partial charge in [0, 0.05) is 12.4 Å². The molecule has 2 aromatic rings. The van der Waals surface area contributed by atoms with Crippen molar-refractivity contribution in [3.8, 4) is 0 Å². The first kappa shape index (κ1) is 13.6. The van der Waals surface area contributed by atoms with Gasteiger partial charge in [0.2, 0.25) is 0 Å². The van der Waals surface area contributed by atoms with Crippen molar-refractivity contribution in [1.82, 2.24) is 3.97 Å². The van der Waals surface area contributed by atoms with Crippen molar-refractivity contribution in [3.63, 3.8) is 0 Å². The molecule has 0 N–H and O–H groups in total. The topological polar surface area (TPSA) is 39.1 Å². The van der Waals surface area contributed by atoms with Gasteiger partial charge in [0.25, 0.3) is 10.0 Å². The lowest BCUT2D eigenvalue weighted by molar-refractivity contribution is 0.587. The van der Waals surface area contributed by atoms with E-state index in [2.05, 4.69) is 6.58 Å². The summed E-state index contributed by atoms with van der Waals surface area (Å²) in [5, 5.41) is 0. The van der Waals surface area contributed by atoms with E-state index >= 15 is 0 Å². The van der Waals surface area contributed by atoms with Gasteiger partial charge in [-0.15, -0.1) is 0 Å². The average molecular weight is 275 g/mol. The molecule has 0 aliphatic rings. The van der Waals surface area contributed by atoms with E-state index in [0.29, 0.717) is 4.90 Å². The summed E-state index contributed by atoms with van der Waals surface area (Å²) in [5.74, 6) is 0. The third kappa shape index (κ3) is 2.49. The summed E-state index contributed by atoms with van der Waals surface area (Å²) >= 11 is 0. The number of benzene rings is 1. The first-order chi connectivity index (χ1) is 8.98. The molecule has 100 valence electrons. The maximum Gasteiger partial charge on any atom is 0.267 e. The zero-order chi connectivity index (χ0) is 14.0. The van der Waals surface area contributed by atoms with E-state index in [4.69, 9.17) is 0 Å². The van der Waals surface area contributed by atoms with E-state index in [1.54, 1.807) is 42.7 Å². The van der Waals surface area contributed by atoms with Gasteiger partial charge in [-0.05, 0) is 36.6 Å². The van der Waals surface area contributed by atoms with Gasteiger partial charge in [0.15, 0.2) is 0 Å². The third-order valence-electron chi connectivity index (χ3n) is 3.12. The van der Waals surface area contributed by atoms with E-state index in [1.807, 2.05) is 13.8 Å². The molecule has 0 unspecified atom stereocenters. The molecule has 0 fully saturated rings. The van der Waals surface area contributed by atoms with E-state index in [9.17, 15) is 8.42 Å². The average Bonchev–Trinajstić information content (AvgIpc) is 2.83. The molecule has 1 aromatic heterocycles. The second-order valence-electron chi connectivity index (χ2n) is 4.44. The van der Waals surface area contributed by atoms with Crippen LogP contribution < -0.4 is 0 Å². The number of hydrogen-bond donors (Lipinski definition) is 0. The number of rotatable bonds is 4. The summed E-state index contributed by atoms with van der Waals surface area (Å²) in [7, 11) is -3.51. The minimum absolute atomic E-state index is 0.298. The Morgan fingerprint density at radius 2 is 1.84 bits per heavy atom. The van der Waals surface area contributed by atoms with Gasteiger partial charge in [-0.3, -0.25) is 0 Å². The van der Waals surface area contributed by atoms with Gasteiger partial charge in [-0.25, -0.2) is 12.4 Å². The molecule has 1 heterocycles. The standard InChI is InChI=1S/C15H17NO2S/c1-4-13-10-16(11-14(13)5-2)19(17,18)15-8-6-12(3)7-9-15/h4,6-11H,1,5H2,2-3H3. The summed E-state index contributed by atoms with van der Waals surface area (Å²) in [6, 6.07) is 6.85. The number of nitrogens with zero attached hydrogens (tertiary/aromatic N) is 1. The molecule has 0 spiro atoms. The zero-order valence-corrected chi connectivity index (χ0v) is 11.9. The molecular formula is C15H17NO2S. The molecule has 4 heteroatoms. The van der Waals surface area contributed by atoms with Gasteiger partial charge in [0.05, 0.1) is 4.90 Å². The molecule has 0 aliphatic carbocycles. The highest BCUT2D eigenvalue weighted by Gasteiger charge is 2.17. The van der Waals surface area contributed by atoms with Crippen LogP contribution in [0.4, 0.5) is 0 Å². The lowest BCUT2D eigenvalue weighted by Gasteiger charge is -2.05. The molecule has 1 aromatic carbocycles. The van der Waals surface area contributed by atoms with Crippen molar-refractivity contribution in [1.29, 1.82) is 0 Å². The highest BCUT2D eigenvalue weighted by atomic mass is 32.2. The monoisotopic (exact) mass is 275 g/mol. The molecule has 0 atom stereocenters. The van der Waals surface area contributed by atoms with Gasteiger partial charge >= 0.3 is 0 Å². The van der Waals surface area contributed by atoms with Crippen LogP contribution in [-0.4, -0.2) is 12.4 Å². The Bertz CT molecular complexity index is 694. The van der Waals surface area contributed by atoms with Gasteiger partial charge in [-0.2, -0.15) is 0 Å². The number of aromatic nitrogens is 1. The molecule has 3 nitrogen and oxygen atoms in total. The number of hydrogen-bond acceptors (Lipinski definition) is 2. The Morgan fingerprint density at radius 3 is 2.32 bits per heavy atom. The van der Waals surface area contributed by atoms with Crippen LogP contribution in [0.2, 0.25) is 0 Å². The lowest BCUT2D eigenvalue weighted by Crippen LogP contribution is -2.10. The maximum atomic E-state index is 12.5. The summed E-state index contributed by atoms with van der Waals surface area (Å²) in [5.41, 5.74) is 2.87. The van der Waals surface area contributed by atoms with Crippen LogP contribution in [0, 0.1) is 6.92 Å². The summed E-state index contributed by atoms with van der Waals surface area (Å²) in [6.45, 7) is 7.63. The first-order valence-electron chi connectivity index (χ1n) is 6.14. The molecule has 0 amide bonds. The highest BCUT2D eigenvalue weighted by molar-refractivity contribution is 7.90. The van der Waals surface area contributed by atoms with E-state index < -0.39 is 10.0 Å². The summed E-state index contributed by atoms with van der Waals surface area (Å²) in [6.07, 6.45) is 5.73. The normalized spacial score (nSPS) is 11.5. The van der Waals surface area contributed by atoms with E-state index in [1.165, 1.54) is 3.97 Å². The fourth-order valence-corrected chi connectivity index (χ4v) is 3.18. The van der Waals surface area contributed by atoms with Crippen LogP contribution in [0.5, 0.6) is 0 Å². The maximum absolute atomic E-state index is 12.5. The Balaban J connectivity index is 2.53. The van der Waals surface area contributed by atoms with Crippen molar-refractivity contribution >= 4 is 16.1 Å². The summed E-state index contributed by atoms with van der Waals surface area (Å²) in [4.78, 5) is 0.298. The van der Waals surface area contributed by atoms with Gasteiger partial charge in [0.1, 0.15) is 0 Å². The van der Waals surface area contributed by atoms with Crippen LogP contribution >= 0.6 is 0 Å². The minimum Gasteiger partial charge on any atom is -0.248 e. The second kappa shape index (κ2) is 5.05. The van der Waals surface area contributed by atoms with Crippen molar-refractivity contribution < 1.29 is 8.42 Å². The fourth-order valence-electron chi connectivity index (χ4n) is 1.94. The van der Waals surface area contributed by atoms with Crippen molar-refractivity contribution in [2.75, 3.05) is 0 Å². The van der Waals surface area contributed by atoms with E-state index in [0.717, 1.165) is 23.1 Å². The fraction of sp³-hybridized carbons (Fsp3) is 0.200. The smallest absolute Gasteiger partial charge is 0.248 e. The zero-order valence-electron chi connectivity index (χ0n) is 11.1. The molecule has 0 bridgehead atoms. The van der Waals surface area contributed by atoms with Crippen LogP contribution in [0.3, 0.4) is 0 Å². The van der Waals surface area contributed by atoms with Gasteiger partial charge < -0.3 is 0 Å². The molecule has 2 rings (SSSR count). The highest BCUT2D eigenvalue weighted by Crippen LogP contribution is 2.19. The second-order valence-corrected chi connectivity index (χ2v) is 6.29. The van der Waals surface area contributed by atoms with Crippen LogP contribution in [0.25, 0.3) is 6.08 Å². The number of aryl methyl sites for hydroxylation is 2. The van der Waals surface area contributed by atoms with Crippen LogP contribution in [0.15, 0.2) is 48.1 Å². The first-order valence-corrected chi connectivity index (χ1v) is 7.58. The molecule has 0 aliphatic heterocycles. The van der Waals surface area contributed by atoms with Crippen LogP contribution in [-0.2, 0) is 16.4 Å². The molecule has 0 saturated carbocycles. The summed E-state index contributed by atoms with van der Waals surface area (Å²) < 4.78 is 26.2. The third-order valence-corrected chi connectivity index (χ3v) is 4.75. The molecule has 0 radical (unpaired) electrons. The van der Waals surface area contributed by atoms with Crippen molar-refractivity contribution in [2.45, 2.75) is 25.2 Å². The Kier molecular flexibility index (Phi) is 3.62. The molecule has 0 saturated heterocycles. The largest absolute Gasteiger partial charge is 0.267 e. The van der Waals surface area contributed by atoms with Crippen molar-refractivity contribution in [3.05, 3.63) is 59.9 Å². The van der Waals surface area contributed by atoms with E-state index in [-0.39, 0.29) is 0 Å². The van der Waals surface area contributed by atoms with Crippen molar-refractivity contribution in [2.24, 2.45) is 0 Å². The van der Waals surface area contributed by atoms with Gasteiger partial charge in [-0.1, -0.05) is 37.3 Å². The lowest BCUT2D eigenvalue weighted by atomic mass is 10.1. The van der Waals surface area contributed by atoms with Crippen LogP contribution in [0.1, 0.15) is 23.6 Å². The molecule has 19 heavy (non-hydrogen) atoms. The predicted octanol–water partition coefficient (Wildman–Crippen LogP) is 3.24. The molecular weight excluding hydrogens is 258 g/mol.